The Morgan fingerprint density at radius 1 is 1.43 bits per heavy atom. The first-order chi connectivity index (χ1) is 6.92. The molecular formula is C10H12N2S2. The fraction of sp³-hybridized carbons (Fsp3) is 0.400. The third kappa shape index (κ3) is 1.54. The average molecular weight is 224 g/mol. The van der Waals surface area contributed by atoms with E-state index in [0.29, 0.717) is 6.17 Å². The lowest BCUT2D eigenvalue weighted by molar-refractivity contribution is 0.681. The summed E-state index contributed by atoms with van der Waals surface area (Å²) in [5.74, 6) is 0. The van der Waals surface area contributed by atoms with Crippen LogP contribution in [0.15, 0.2) is 17.5 Å². The summed E-state index contributed by atoms with van der Waals surface area (Å²) in [5, 5.41) is 10.4. The van der Waals surface area contributed by atoms with Gasteiger partial charge in [-0.25, -0.2) is 0 Å². The summed E-state index contributed by atoms with van der Waals surface area (Å²) in [5.41, 5.74) is 0. The van der Waals surface area contributed by atoms with Crippen molar-refractivity contribution in [2.75, 3.05) is 11.9 Å². The molecule has 0 aliphatic carbocycles. The smallest absolute Gasteiger partial charge is 0.0915 e. The first-order valence-electron chi connectivity index (χ1n) is 4.89. The van der Waals surface area contributed by atoms with E-state index in [2.05, 4.69) is 28.1 Å². The molecule has 2 aromatic heterocycles. The Balaban J connectivity index is 1.80. The number of anilines is 1. The predicted octanol–water partition coefficient (Wildman–Crippen LogP) is 3.08. The van der Waals surface area contributed by atoms with Crippen LogP contribution in [0.1, 0.15) is 12.8 Å². The molecule has 74 valence electrons. The quantitative estimate of drug-likeness (QED) is 0.819. The highest BCUT2D eigenvalue weighted by atomic mass is 32.1. The zero-order chi connectivity index (χ0) is 9.38. The molecule has 1 unspecified atom stereocenters. The molecule has 0 bridgehead atoms. The van der Waals surface area contributed by atoms with E-state index in [9.17, 15) is 0 Å². The van der Waals surface area contributed by atoms with E-state index in [1.807, 2.05) is 22.7 Å². The topological polar surface area (TPSA) is 24.1 Å². The van der Waals surface area contributed by atoms with Crippen molar-refractivity contribution in [1.82, 2.24) is 5.32 Å². The van der Waals surface area contributed by atoms with E-state index >= 15 is 0 Å². The van der Waals surface area contributed by atoms with Crippen LogP contribution in [0.5, 0.6) is 0 Å². The maximum absolute atomic E-state index is 3.53. The van der Waals surface area contributed by atoms with Crippen molar-refractivity contribution in [3.05, 3.63) is 17.5 Å². The fourth-order valence-electron chi connectivity index (χ4n) is 1.82. The number of nitrogens with one attached hydrogen (secondary N) is 2. The lowest BCUT2D eigenvalue weighted by atomic mass is 10.3. The number of thiophene rings is 2. The van der Waals surface area contributed by atoms with Crippen LogP contribution in [0.3, 0.4) is 0 Å². The van der Waals surface area contributed by atoms with Crippen LogP contribution in [-0.2, 0) is 0 Å². The normalized spacial score (nSPS) is 21.9. The first kappa shape index (κ1) is 8.71. The third-order valence-corrected chi connectivity index (χ3v) is 4.54. The molecule has 0 aromatic carbocycles. The van der Waals surface area contributed by atoms with E-state index in [0.717, 1.165) is 6.54 Å². The number of fused-ring (bicyclic) bond motifs is 1. The van der Waals surface area contributed by atoms with Crippen molar-refractivity contribution >= 4 is 37.1 Å². The van der Waals surface area contributed by atoms with Gasteiger partial charge in [0.2, 0.25) is 0 Å². The summed E-state index contributed by atoms with van der Waals surface area (Å²) >= 11 is 3.67. The molecule has 3 heterocycles. The van der Waals surface area contributed by atoms with Crippen molar-refractivity contribution < 1.29 is 0 Å². The Hall–Kier alpha value is -0.580. The van der Waals surface area contributed by atoms with Gasteiger partial charge in [0.1, 0.15) is 0 Å². The molecule has 0 amide bonds. The van der Waals surface area contributed by atoms with Crippen LogP contribution < -0.4 is 10.6 Å². The summed E-state index contributed by atoms with van der Waals surface area (Å²) in [6, 6.07) is 4.45. The molecule has 0 spiro atoms. The van der Waals surface area contributed by atoms with Gasteiger partial charge in [-0.1, -0.05) is 0 Å². The maximum atomic E-state index is 3.53. The van der Waals surface area contributed by atoms with Crippen LogP contribution in [0.2, 0.25) is 0 Å². The molecule has 1 aliphatic heterocycles. The molecule has 4 heteroatoms. The van der Waals surface area contributed by atoms with E-state index in [1.54, 1.807) is 0 Å². The van der Waals surface area contributed by atoms with Gasteiger partial charge in [0.25, 0.3) is 0 Å². The van der Waals surface area contributed by atoms with Crippen molar-refractivity contribution in [3.63, 3.8) is 0 Å². The van der Waals surface area contributed by atoms with Crippen molar-refractivity contribution in [2.24, 2.45) is 0 Å². The lowest BCUT2D eigenvalue weighted by Gasteiger charge is -2.11. The molecule has 1 saturated heterocycles. The van der Waals surface area contributed by atoms with Crippen molar-refractivity contribution in [2.45, 2.75) is 19.0 Å². The molecule has 2 nitrogen and oxygen atoms in total. The third-order valence-electron chi connectivity index (χ3n) is 2.52. The van der Waals surface area contributed by atoms with Gasteiger partial charge in [-0.3, -0.25) is 5.32 Å². The molecular weight excluding hydrogens is 212 g/mol. The van der Waals surface area contributed by atoms with Gasteiger partial charge in [0, 0.05) is 9.40 Å². The van der Waals surface area contributed by atoms with E-state index < -0.39 is 0 Å². The molecule has 0 saturated carbocycles. The molecule has 1 atom stereocenters. The Bertz CT molecular complexity index is 397. The second-order valence-electron chi connectivity index (χ2n) is 3.55. The van der Waals surface area contributed by atoms with E-state index in [1.165, 1.54) is 27.2 Å². The molecule has 0 radical (unpaired) electrons. The first-order valence-corrected chi connectivity index (χ1v) is 6.58. The lowest BCUT2D eigenvalue weighted by Crippen LogP contribution is -2.29. The molecule has 1 aliphatic rings. The minimum Gasteiger partial charge on any atom is -0.362 e. The highest BCUT2D eigenvalue weighted by molar-refractivity contribution is 7.29. The van der Waals surface area contributed by atoms with Crippen LogP contribution in [0, 0.1) is 0 Å². The van der Waals surface area contributed by atoms with Crippen LogP contribution >= 0.6 is 22.7 Å². The number of hydrogen-bond donors (Lipinski definition) is 2. The molecule has 1 fully saturated rings. The number of rotatable bonds is 2. The molecule has 14 heavy (non-hydrogen) atoms. The van der Waals surface area contributed by atoms with Gasteiger partial charge in [0.05, 0.1) is 11.2 Å². The highest BCUT2D eigenvalue weighted by Crippen LogP contribution is 2.33. The largest absolute Gasteiger partial charge is 0.362 e. The van der Waals surface area contributed by atoms with Gasteiger partial charge in [-0.15, -0.1) is 22.7 Å². The van der Waals surface area contributed by atoms with Crippen LogP contribution in [0.4, 0.5) is 5.00 Å². The zero-order valence-electron chi connectivity index (χ0n) is 7.75. The SMILES string of the molecule is c1cc2sc(NC3CCCN3)cc2s1. The second kappa shape index (κ2) is 3.53. The minimum absolute atomic E-state index is 0.489. The minimum atomic E-state index is 0.489. The maximum Gasteiger partial charge on any atom is 0.0915 e. The molecule has 2 aromatic rings. The van der Waals surface area contributed by atoms with Gasteiger partial charge in [-0.2, -0.15) is 0 Å². The summed E-state index contributed by atoms with van der Waals surface area (Å²) in [4.78, 5) is 0. The molecule has 2 N–H and O–H groups in total. The monoisotopic (exact) mass is 224 g/mol. The van der Waals surface area contributed by atoms with Gasteiger partial charge in [0.15, 0.2) is 0 Å². The van der Waals surface area contributed by atoms with Crippen LogP contribution in [0.25, 0.3) is 9.40 Å². The standard InChI is InChI=1S/C10H12N2S2/c1-2-9(11-4-1)12-10-6-8-7(14-10)3-5-13-8/h3,5-6,9,11-12H,1-2,4H2. The number of hydrogen-bond acceptors (Lipinski definition) is 4. The summed E-state index contributed by atoms with van der Waals surface area (Å²) in [6.45, 7) is 1.15. The van der Waals surface area contributed by atoms with E-state index in [-0.39, 0.29) is 0 Å². The van der Waals surface area contributed by atoms with Gasteiger partial charge in [-0.05, 0) is 36.9 Å². The Kier molecular flexibility index (Phi) is 2.20. The van der Waals surface area contributed by atoms with E-state index in [4.69, 9.17) is 0 Å². The van der Waals surface area contributed by atoms with Gasteiger partial charge >= 0.3 is 0 Å². The summed E-state index contributed by atoms with van der Waals surface area (Å²) < 4.78 is 2.80. The summed E-state index contributed by atoms with van der Waals surface area (Å²) in [7, 11) is 0. The zero-order valence-corrected chi connectivity index (χ0v) is 9.38. The Morgan fingerprint density at radius 2 is 2.43 bits per heavy atom. The van der Waals surface area contributed by atoms with Gasteiger partial charge < -0.3 is 5.32 Å². The van der Waals surface area contributed by atoms with Crippen molar-refractivity contribution in [1.29, 1.82) is 0 Å². The van der Waals surface area contributed by atoms with Crippen molar-refractivity contribution in [3.8, 4) is 0 Å². The van der Waals surface area contributed by atoms with Crippen LogP contribution in [-0.4, -0.2) is 12.7 Å². The Labute approximate surface area is 90.9 Å². The fourth-order valence-corrected chi connectivity index (χ4v) is 3.88. The Morgan fingerprint density at radius 3 is 3.21 bits per heavy atom. The second-order valence-corrected chi connectivity index (χ2v) is 5.58. The summed E-state index contributed by atoms with van der Waals surface area (Å²) in [6.07, 6.45) is 3.02. The molecule has 3 rings (SSSR count). The highest BCUT2D eigenvalue weighted by Gasteiger charge is 2.14. The predicted molar refractivity (Wildman–Crippen MR) is 64.3 cm³/mol. The average Bonchev–Trinajstić information content (AvgIpc) is 2.78.